The maximum atomic E-state index is 12.9. The van der Waals surface area contributed by atoms with Crippen LogP contribution in [-0.2, 0) is 24.9 Å². The number of pyridine rings is 1. The van der Waals surface area contributed by atoms with Gasteiger partial charge in [0.15, 0.2) is 0 Å². The number of aromatic nitrogens is 3. The molecule has 0 saturated heterocycles. The van der Waals surface area contributed by atoms with Gasteiger partial charge in [0.25, 0.3) is 5.56 Å². The Morgan fingerprint density at radius 1 is 1.35 bits per heavy atom. The van der Waals surface area contributed by atoms with Crippen LogP contribution >= 0.6 is 0 Å². The summed E-state index contributed by atoms with van der Waals surface area (Å²) < 4.78 is 12.9. The van der Waals surface area contributed by atoms with Gasteiger partial charge in [-0.3, -0.25) is 9.69 Å². The third kappa shape index (κ3) is 3.47. The molecular formula is C17H21FN4O. The standard InChI is InChI=1S/C17H21FN4O/c1-17(2,3)16-20-13-6-7-22(10-12(13)15(23)21-16)9-11-4-5-14(18)19-8-11/h4-5,8H,6-7,9-10H2,1-3H3,(H,20,21,23). The van der Waals surface area contributed by atoms with E-state index in [1.54, 1.807) is 6.07 Å². The highest BCUT2D eigenvalue weighted by molar-refractivity contribution is 5.23. The zero-order valence-electron chi connectivity index (χ0n) is 13.7. The third-order valence-corrected chi connectivity index (χ3v) is 4.05. The van der Waals surface area contributed by atoms with Crippen LogP contribution in [0.5, 0.6) is 0 Å². The van der Waals surface area contributed by atoms with Crippen LogP contribution in [0.4, 0.5) is 4.39 Å². The van der Waals surface area contributed by atoms with Crippen molar-refractivity contribution < 1.29 is 4.39 Å². The average Bonchev–Trinajstić information content (AvgIpc) is 2.49. The highest BCUT2D eigenvalue weighted by Crippen LogP contribution is 2.21. The summed E-state index contributed by atoms with van der Waals surface area (Å²) in [5.41, 5.74) is 2.34. The summed E-state index contributed by atoms with van der Waals surface area (Å²) in [6.07, 6.45) is 2.28. The van der Waals surface area contributed by atoms with Crippen LogP contribution in [-0.4, -0.2) is 26.4 Å². The lowest BCUT2D eigenvalue weighted by Crippen LogP contribution is -2.37. The maximum Gasteiger partial charge on any atom is 0.255 e. The Kier molecular flexibility index (Phi) is 4.02. The van der Waals surface area contributed by atoms with Crippen LogP contribution in [0.2, 0.25) is 0 Å². The summed E-state index contributed by atoms with van der Waals surface area (Å²) in [5, 5.41) is 0. The molecule has 0 spiro atoms. The highest BCUT2D eigenvalue weighted by Gasteiger charge is 2.24. The van der Waals surface area contributed by atoms with E-state index < -0.39 is 5.95 Å². The van der Waals surface area contributed by atoms with Gasteiger partial charge < -0.3 is 4.98 Å². The van der Waals surface area contributed by atoms with Crippen molar-refractivity contribution in [2.75, 3.05) is 6.54 Å². The van der Waals surface area contributed by atoms with Crippen molar-refractivity contribution >= 4 is 0 Å². The van der Waals surface area contributed by atoms with Crippen LogP contribution in [0.3, 0.4) is 0 Å². The SMILES string of the molecule is CC(C)(C)c1nc2c(c(=O)[nH]1)CN(Cc1ccc(F)nc1)CC2. The average molecular weight is 316 g/mol. The molecule has 122 valence electrons. The molecule has 1 N–H and O–H groups in total. The second-order valence-corrected chi connectivity index (χ2v) is 7.04. The molecule has 0 unspecified atom stereocenters. The molecule has 1 aliphatic rings. The number of fused-ring (bicyclic) bond motifs is 1. The zero-order valence-corrected chi connectivity index (χ0v) is 13.7. The number of nitrogens with zero attached hydrogens (tertiary/aromatic N) is 3. The molecule has 6 heteroatoms. The lowest BCUT2D eigenvalue weighted by molar-refractivity contribution is 0.240. The van der Waals surface area contributed by atoms with Crippen molar-refractivity contribution in [1.82, 2.24) is 19.9 Å². The van der Waals surface area contributed by atoms with Crippen molar-refractivity contribution in [3.05, 3.63) is 57.3 Å². The fourth-order valence-electron chi connectivity index (χ4n) is 2.73. The minimum Gasteiger partial charge on any atom is -0.310 e. The molecule has 0 aliphatic carbocycles. The number of halogens is 1. The van der Waals surface area contributed by atoms with E-state index in [1.165, 1.54) is 12.3 Å². The van der Waals surface area contributed by atoms with Gasteiger partial charge in [0.2, 0.25) is 5.95 Å². The predicted molar refractivity (Wildman–Crippen MR) is 85.6 cm³/mol. The molecule has 23 heavy (non-hydrogen) atoms. The normalized spacial score (nSPS) is 15.5. The molecule has 5 nitrogen and oxygen atoms in total. The maximum absolute atomic E-state index is 12.9. The monoisotopic (exact) mass is 316 g/mol. The zero-order chi connectivity index (χ0) is 16.6. The van der Waals surface area contributed by atoms with E-state index in [0.29, 0.717) is 13.1 Å². The van der Waals surface area contributed by atoms with Gasteiger partial charge in [-0.25, -0.2) is 9.97 Å². The molecule has 1 aliphatic heterocycles. The molecule has 0 atom stereocenters. The number of hydrogen-bond donors (Lipinski definition) is 1. The van der Waals surface area contributed by atoms with E-state index in [4.69, 9.17) is 0 Å². The molecule has 0 fully saturated rings. The van der Waals surface area contributed by atoms with Crippen LogP contribution in [0.15, 0.2) is 23.1 Å². The summed E-state index contributed by atoms with van der Waals surface area (Å²) in [4.78, 5) is 25.8. The number of H-pyrrole nitrogens is 1. The highest BCUT2D eigenvalue weighted by atomic mass is 19.1. The predicted octanol–water partition coefficient (Wildman–Crippen LogP) is 2.16. The Labute approximate surface area is 134 Å². The summed E-state index contributed by atoms with van der Waals surface area (Å²) in [5.74, 6) is 0.255. The molecule has 2 aromatic rings. The molecule has 0 bridgehead atoms. The van der Waals surface area contributed by atoms with Crippen molar-refractivity contribution in [3.63, 3.8) is 0 Å². The Morgan fingerprint density at radius 3 is 2.78 bits per heavy atom. The molecule has 3 rings (SSSR count). The van der Waals surface area contributed by atoms with Gasteiger partial charge >= 0.3 is 0 Å². The van der Waals surface area contributed by atoms with E-state index in [-0.39, 0.29) is 11.0 Å². The van der Waals surface area contributed by atoms with E-state index >= 15 is 0 Å². The number of rotatable bonds is 2. The molecule has 0 aromatic carbocycles. The lowest BCUT2D eigenvalue weighted by Gasteiger charge is -2.28. The van der Waals surface area contributed by atoms with Crippen LogP contribution in [0.25, 0.3) is 0 Å². The van der Waals surface area contributed by atoms with Gasteiger partial charge in [-0.1, -0.05) is 26.8 Å². The molecule has 0 amide bonds. The smallest absolute Gasteiger partial charge is 0.255 e. The Morgan fingerprint density at radius 2 is 2.13 bits per heavy atom. The lowest BCUT2D eigenvalue weighted by atomic mass is 9.95. The van der Waals surface area contributed by atoms with Crippen molar-refractivity contribution in [2.24, 2.45) is 0 Å². The first-order chi connectivity index (χ1) is 10.8. The summed E-state index contributed by atoms with van der Waals surface area (Å²) in [6.45, 7) is 8.13. The first kappa shape index (κ1) is 15.8. The first-order valence-corrected chi connectivity index (χ1v) is 7.78. The number of hydrogen-bond acceptors (Lipinski definition) is 4. The van der Waals surface area contributed by atoms with Gasteiger partial charge in [-0.15, -0.1) is 0 Å². The Hall–Kier alpha value is -2.08. The summed E-state index contributed by atoms with van der Waals surface area (Å²) in [7, 11) is 0. The number of nitrogens with one attached hydrogen (secondary N) is 1. The fraction of sp³-hybridized carbons (Fsp3) is 0.471. The largest absolute Gasteiger partial charge is 0.310 e. The topological polar surface area (TPSA) is 61.9 Å². The molecule has 0 saturated carbocycles. The van der Waals surface area contributed by atoms with Gasteiger partial charge in [-0.2, -0.15) is 4.39 Å². The van der Waals surface area contributed by atoms with Gasteiger partial charge in [0, 0.05) is 37.7 Å². The quantitative estimate of drug-likeness (QED) is 0.863. The van der Waals surface area contributed by atoms with Crippen LogP contribution < -0.4 is 5.56 Å². The van der Waals surface area contributed by atoms with Gasteiger partial charge in [0.1, 0.15) is 5.82 Å². The van der Waals surface area contributed by atoms with Crippen molar-refractivity contribution in [2.45, 2.75) is 45.7 Å². The van der Waals surface area contributed by atoms with E-state index in [0.717, 1.165) is 35.6 Å². The van der Waals surface area contributed by atoms with E-state index in [9.17, 15) is 9.18 Å². The molecule has 2 aromatic heterocycles. The molecule has 3 heterocycles. The number of aromatic amines is 1. The third-order valence-electron chi connectivity index (χ3n) is 4.05. The van der Waals surface area contributed by atoms with Crippen molar-refractivity contribution in [1.29, 1.82) is 0 Å². The van der Waals surface area contributed by atoms with Crippen LogP contribution in [0.1, 0.15) is 43.4 Å². The van der Waals surface area contributed by atoms with E-state index in [2.05, 4.69) is 19.9 Å². The summed E-state index contributed by atoms with van der Waals surface area (Å²) in [6, 6.07) is 3.08. The van der Waals surface area contributed by atoms with Gasteiger partial charge in [0.05, 0.1) is 11.3 Å². The summed E-state index contributed by atoms with van der Waals surface area (Å²) >= 11 is 0. The fourth-order valence-corrected chi connectivity index (χ4v) is 2.73. The van der Waals surface area contributed by atoms with Crippen molar-refractivity contribution in [3.8, 4) is 0 Å². The minimum absolute atomic E-state index is 0.0538. The Balaban J connectivity index is 1.81. The van der Waals surface area contributed by atoms with E-state index in [1.807, 2.05) is 20.8 Å². The second kappa shape index (κ2) is 5.85. The van der Waals surface area contributed by atoms with Crippen LogP contribution in [0, 0.1) is 5.95 Å². The Bertz CT molecular complexity index is 762. The minimum atomic E-state index is -0.479. The first-order valence-electron chi connectivity index (χ1n) is 7.78. The molecular weight excluding hydrogens is 295 g/mol. The molecule has 0 radical (unpaired) electrons. The van der Waals surface area contributed by atoms with Gasteiger partial charge in [-0.05, 0) is 11.6 Å². The second-order valence-electron chi connectivity index (χ2n) is 7.04.